The molecule has 21 heavy (non-hydrogen) atoms. The summed E-state index contributed by atoms with van der Waals surface area (Å²) in [5.74, 6) is -0.640. The third-order valence-corrected chi connectivity index (χ3v) is 2.65. The molecule has 114 valence electrons. The second-order valence-electron chi connectivity index (χ2n) is 4.13. The fourth-order valence-corrected chi connectivity index (χ4v) is 1.59. The Morgan fingerprint density at radius 3 is 2.62 bits per heavy atom. The van der Waals surface area contributed by atoms with Gasteiger partial charge in [0, 0.05) is 25.6 Å². The highest BCUT2D eigenvalue weighted by Gasteiger charge is 2.12. The number of rotatable bonds is 8. The van der Waals surface area contributed by atoms with E-state index in [1.54, 1.807) is 18.2 Å². The summed E-state index contributed by atoms with van der Waals surface area (Å²) in [6, 6.07) is 6.21. The molecule has 0 aliphatic rings. The molecule has 0 aromatic heterocycles. The summed E-state index contributed by atoms with van der Waals surface area (Å²) in [7, 11) is 1.28. The van der Waals surface area contributed by atoms with Gasteiger partial charge in [-0.3, -0.25) is 19.7 Å². The van der Waals surface area contributed by atoms with E-state index < -0.39 is 10.9 Å². The van der Waals surface area contributed by atoms with Gasteiger partial charge in [-0.25, -0.2) is 0 Å². The number of nitrogens with zero attached hydrogens (tertiary/aromatic N) is 1. The summed E-state index contributed by atoms with van der Waals surface area (Å²) < 4.78 is 4.44. The Balaban J connectivity index is 2.32. The maximum Gasteiger partial charge on any atom is 0.307 e. The average Bonchev–Trinajstić information content (AvgIpc) is 2.47. The van der Waals surface area contributed by atoms with Crippen molar-refractivity contribution in [2.24, 2.45) is 0 Å². The number of carbonyl (C=O) groups is 2. The third-order valence-electron chi connectivity index (χ3n) is 2.65. The number of hydrogen-bond donors (Lipinski definition) is 2. The minimum Gasteiger partial charge on any atom is -0.469 e. The minimum absolute atomic E-state index is 0.0383. The predicted molar refractivity (Wildman–Crippen MR) is 75.8 cm³/mol. The van der Waals surface area contributed by atoms with Crippen molar-refractivity contribution >= 4 is 23.3 Å². The lowest BCUT2D eigenvalue weighted by Crippen LogP contribution is -2.27. The van der Waals surface area contributed by atoms with E-state index in [2.05, 4.69) is 15.4 Å². The zero-order valence-corrected chi connectivity index (χ0v) is 11.6. The van der Waals surface area contributed by atoms with E-state index in [4.69, 9.17) is 0 Å². The van der Waals surface area contributed by atoms with Gasteiger partial charge in [0.25, 0.3) is 5.69 Å². The summed E-state index contributed by atoms with van der Waals surface area (Å²) in [6.45, 7) is 0.464. The van der Waals surface area contributed by atoms with E-state index in [1.165, 1.54) is 13.2 Å². The summed E-state index contributed by atoms with van der Waals surface area (Å²) in [5, 5.41) is 16.2. The number of nitro groups is 1. The molecular formula is C13H17N3O5. The fraction of sp³-hybridized carbons (Fsp3) is 0.385. The van der Waals surface area contributed by atoms with Gasteiger partial charge in [0.15, 0.2) is 0 Å². The third kappa shape index (κ3) is 5.89. The lowest BCUT2D eigenvalue weighted by atomic mass is 10.2. The van der Waals surface area contributed by atoms with Crippen LogP contribution in [0.5, 0.6) is 0 Å². The van der Waals surface area contributed by atoms with Crippen LogP contribution in [0, 0.1) is 10.1 Å². The van der Waals surface area contributed by atoms with Crippen LogP contribution in [0.15, 0.2) is 24.3 Å². The first-order valence-electron chi connectivity index (χ1n) is 6.35. The number of amides is 1. The molecule has 0 aliphatic heterocycles. The predicted octanol–water partition coefficient (Wildman–Crippen LogP) is 1.08. The van der Waals surface area contributed by atoms with Gasteiger partial charge in [-0.15, -0.1) is 0 Å². The van der Waals surface area contributed by atoms with Crippen LogP contribution in [0.3, 0.4) is 0 Å². The molecule has 0 radical (unpaired) electrons. The van der Waals surface area contributed by atoms with Crippen molar-refractivity contribution in [2.45, 2.75) is 12.8 Å². The Morgan fingerprint density at radius 1 is 1.24 bits per heavy atom. The molecule has 0 spiro atoms. The number of nitrogens with one attached hydrogen (secondary N) is 2. The van der Waals surface area contributed by atoms with Gasteiger partial charge < -0.3 is 15.4 Å². The summed E-state index contributed by atoms with van der Waals surface area (Å²) in [5.41, 5.74) is 0.327. The van der Waals surface area contributed by atoms with Crippen LogP contribution in [-0.2, 0) is 14.3 Å². The van der Waals surface area contributed by atoms with E-state index in [-0.39, 0.29) is 37.5 Å². The van der Waals surface area contributed by atoms with Crippen LogP contribution in [0.25, 0.3) is 0 Å². The Kier molecular flexibility index (Phi) is 6.66. The molecule has 0 atom stereocenters. The Labute approximate surface area is 121 Å². The van der Waals surface area contributed by atoms with Gasteiger partial charge in [-0.1, -0.05) is 12.1 Å². The lowest BCUT2D eigenvalue weighted by molar-refractivity contribution is -0.384. The van der Waals surface area contributed by atoms with Crippen molar-refractivity contribution in [3.63, 3.8) is 0 Å². The molecule has 0 aliphatic carbocycles. The Morgan fingerprint density at radius 2 is 1.95 bits per heavy atom. The van der Waals surface area contributed by atoms with E-state index in [9.17, 15) is 19.7 Å². The number of para-hydroxylation sites is 2. The van der Waals surface area contributed by atoms with Crippen molar-refractivity contribution in [1.29, 1.82) is 0 Å². The maximum absolute atomic E-state index is 11.5. The van der Waals surface area contributed by atoms with Crippen molar-refractivity contribution in [1.82, 2.24) is 5.32 Å². The molecule has 1 aromatic rings. The van der Waals surface area contributed by atoms with Crippen molar-refractivity contribution in [3.05, 3.63) is 34.4 Å². The van der Waals surface area contributed by atoms with E-state index in [0.717, 1.165) is 0 Å². The number of benzene rings is 1. The highest BCUT2D eigenvalue weighted by atomic mass is 16.6. The zero-order chi connectivity index (χ0) is 15.7. The summed E-state index contributed by atoms with van der Waals surface area (Å²) >= 11 is 0. The number of carbonyl (C=O) groups excluding carboxylic acids is 2. The molecule has 0 fully saturated rings. The highest BCUT2D eigenvalue weighted by Crippen LogP contribution is 2.22. The van der Waals surface area contributed by atoms with Crippen molar-refractivity contribution < 1.29 is 19.2 Å². The minimum atomic E-state index is -0.487. The molecule has 0 heterocycles. The summed E-state index contributed by atoms with van der Waals surface area (Å²) in [4.78, 5) is 32.6. The molecule has 0 saturated carbocycles. The first-order chi connectivity index (χ1) is 10.0. The number of esters is 1. The zero-order valence-electron chi connectivity index (χ0n) is 11.6. The topological polar surface area (TPSA) is 111 Å². The van der Waals surface area contributed by atoms with Crippen molar-refractivity contribution in [2.75, 3.05) is 25.5 Å². The number of methoxy groups -OCH3 is 1. The monoisotopic (exact) mass is 295 g/mol. The maximum atomic E-state index is 11.5. The first kappa shape index (κ1) is 16.4. The van der Waals surface area contributed by atoms with Gasteiger partial charge in [0.2, 0.25) is 5.91 Å². The van der Waals surface area contributed by atoms with Gasteiger partial charge in [0.05, 0.1) is 18.5 Å². The van der Waals surface area contributed by atoms with Crippen LogP contribution in [-0.4, -0.2) is 37.0 Å². The van der Waals surface area contributed by atoms with E-state index >= 15 is 0 Å². The second-order valence-corrected chi connectivity index (χ2v) is 4.13. The molecule has 0 saturated heterocycles. The SMILES string of the molecule is COC(=O)CCNC(=O)CCNc1ccccc1[N+](=O)[O-]. The molecule has 1 amide bonds. The normalized spacial score (nSPS) is 9.76. The molecule has 1 rings (SSSR count). The van der Waals surface area contributed by atoms with Gasteiger partial charge >= 0.3 is 5.97 Å². The molecule has 2 N–H and O–H groups in total. The van der Waals surface area contributed by atoms with Crippen LogP contribution in [0.1, 0.15) is 12.8 Å². The van der Waals surface area contributed by atoms with E-state index in [1.807, 2.05) is 0 Å². The molecule has 0 bridgehead atoms. The number of anilines is 1. The standard InChI is InChI=1S/C13H17N3O5/c1-21-13(18)7-9-15-12(17)6-8-14-10-4-2-3-5-11(10)16(19)20/h2-5,14H,6-9H2,1H3,(H,15,17). The van der Waals surface area contributed by atoms with Crippen LogP contribution in [0.2, 0.25) is 0 Å². The first-order valence-corrected chi connectivity index (χ1v) is 6.35. The Hall–Kier alpha value is -2.64. The number of ether oxygens (including phenoxy) is 1. The molecule has 1 aromatic carbocycles. The van der Waals surface area contributed by atoms with Crippen LogP contribution >= 0.6 is 0 Å². The van der Waals surface area contributed by atoms with Crippen molar-refractivity contribution in [3.8, 4) is 0 Å². The van der Waals surface area contributed by atoms with E-state index in [0.29, 0.717) is 5.69 Å². The van der Waals surface area contributed by atoms with Gasteiger partial charge in [-0.2, -0.15) is 0 Å². The Bertz CT molecular complexity index is 518. The highest BCUT2D eigenvalue weighted by molar-refractivity contribution is 5.77. The molecule has 0 unspecified atom stereocenters. The second kappa shape index (κ2) is 8.51. The average molecular weight is 295 g/mol. The molecular weight excluding hydrogens is 278 g/mol. The number of hydrogen-bond acceptors (Lipinski definition) is 6. The molecule has 8 heteroatoms. The smallest absolute Gasteiger partial charge is 0.307 e. The number of nitro benzene ring substituents is 1. The largest absolute Gasteiger partial charge is 0.469 e. The van der Waals surface area contributed by atoms with Crippen LogP contribution < -0.4 is 10.6 Å². The molecule has 8 nitrogen and oxygen atoms in total. The van der Waals surface area contributed by atoms with Gasteiger partial charge in [0.1, 0.15) is 5.69 Å². The lowest BCUT2D eigenvalue weighted by Gasteiger charge is -2.07. The van der Waals surface area contributed by atoms with Gasteiger partial charge in [-0.05, 0) is 6.07 Å². The van der Waals surface area contributed by atoms with Crippen LogP contribution in [0.4, 0.5) is 11.4 Å². The fourth-order valence-electron chi connectivity index (χ4n) is 1.59. The quantitative estimate of drug-likeness (QED) is 0.422. The summed E-state index contributed by atoms with van der Waals surface area (Å²) in [6.07, 6.45) is 0.257.